The maximum Gasteiger partial charge on any atom is 0.408 e. The lowest BCUT2D eigenvalue weighted by molar-refractivity contribution is 0.0491. The van der Waals surface area contributed by atoms with Gasteiger partial charge in [0.2, 0.25) is 0 Å². The highest BCUT2D eigenvalue weighted by Crippen LogP contribution is 2.34. The summed E-state index contributed by atoms with van der Waals surface area (Å²) in [5.74, 6) is 1.72. The second-order valence-corrected chi connectivity index (χ2v) is 13.2. The van der Waals surface area contributed by atoms with Gasteiger partial charge in [-0.05, 0) is 66.9 Å². The third kappa shape index (κ3) is 6.55. The summed E-state index contributed by atoms with van der Waals surface area (Å²) >= 11 is 0. The van der Waals surface area contributed by atoms with Crippen LogP contribution in [0.4, 0.5) is 4.79 Å². The Hall–Kier alpha value is -3.67. The molecule has 5 rings (SSSR count). The maximum absolute atomic E-state index is 12.5. The average molecular weight is 539 g/mol. The molecule has 0 saturated heterocycles. The molecule has 3 aromatic rings. The van der Waals surface area contributed by atoms with Gasteiger partial charge in [0, 0.05) is 24.3 Å². The van der Waals surface area contributed by atoms with Gasteiger partial charge in [0.15, 0.2) is 0 Å². The molecule has 210 valence electrons. The Kier molecular flexibility index (Phi) is 7.72. The molecule has 6 nitrogen and oxygen atoms in total. The van der Waals surface area contributed by atoms with Crippen LogP contribution in [0, 0.1) is 5.41 Å². The first-order chi connectivity index (χ1) is 19.0. The number of aliphatic imine (C=N–C) groups is 1. The van der Waals surface area contributed by atoms with Crippen LogP contribution >= 0.6 is 0 Å². The largest absolute Gasteiger partial charge is 0.444 e. The molecule has 1 aliphatic heterocycles. The number of H-pyrrole nitrogens is 1. The third-order valence-electron chi connectivity index (χ3n) is 7.74. The lowest BCUT2D eigenvalue weighted by atomic mass is 9.82. The van der Waals surface area contributed by atoms with Crippen LogP contribution in [0.1, 0.15) is 91.0 Å². The molecule has 0 bridgehead atoms. The molecule has 2 aromatic carbocycles. The zero-order valence-corrected chi connectivity index (χ0v) is 24.7. The van der Waals surface area contributed by atoms with E-state index in [1.807, 2.05) is 33.2 Å². The summed E-state index contributed by atoms with van der Waals surface area (Å²) in [6, 6.07) is 17.1. The lowest BCUT2D eigenvalue weighted by Crippen LogP contribution is -2.50. The van der Waals surface area contributed by atoms with Gasteiger partial charge in [-0.2, -0.15) is 0 Å². The zero-order valence-electron chi connectivity index (χ0n) is 24.7. The van der Waals surface area contributed by atoms with Crippen LogP contribution in [0.25, 0.3) is 28.0 Å². The van der Waals surface area contributed by atoms with Crippen molar-refractivity contribution < 1.29 is 9.53 Å². The molecule has 2 heterocycles. The predicted molar refractivity (Wildman–Crippen MR) is 163 cm³/mol. The number of benzene rings is 2. The summed E-state index contributed by atoms with van der Waals surface area (Å²) in [7, 11) is 0. The van der Waals surface area contributed by atoms with E-state index in [4.69, 9.17) is 9.73 Å². The van der Waals surface area contributed by atoms with E-state index in [-0.39, 0.29) is 11.5 Å². The van der Waals surface area contributed by atoms with Crippen LogP contribution in [-0.2, 0) is 4.74 Å². The van der Waals surface area contributed by atoms with Crippen LogP contribution in [0.2, 0.25) is 0 Å². The monoisotopic (exact) mass is 538 g/mol. The molecular weight excluding hydrogens is 496 g/mol. The number of hydrogen-bond donors (Lipinski definition) is 2. The molecule has 6 heteroatoms. The molecule has 1 aliphatic carbocycles. The van der Waals surface area contributed by atoms with Gasteiger partial charge in [-0.25, -0.2) is 9.78 Å². The summed E-state index contributed by atoms with van der Waals surface area (Å²) in [5.41, 5.74) is 7.08. The van der Waals surface area contributed by atoms with Gasteiger partial charge >= 0.3 is 6.09 Å². The smallest absolute Gasteiger partial charge is 0.408 e. The van der Waals surface area contributed by atoms with Gasteiger partial charge in [-0.15, -0.1) is 0 Å². The van der Waals surface area contributed by atoms with Crippen LogP contribution in [0.15, 0.2) is 65.9 Å². The Bertz CT molecular complexity index is 1390. The number of aromatic amines is 1. The predicted octanol–water partition coefficient (Wildman–Crippen LogP) is 8.53. The number of alkyl carbamates (subject to hydrolysis) is 1. The van der Waals surface area contributed by atoms with Gasteiger partial charge in [-0.3, -0.25) is 4.99 Å². The van der Waals surface area contributed by atoms with Gasteiger partial charge in [0.25, 0.3) is 0 Å². The van der Waals surface area contributed by atoms with Crippen molar-refractivity contribution in [1.29, 1.82) is 0 Å². The lowest BCUT2D eigenvalue weighted by Gasteiger charge is -2.32. The summed E-state index contributed by atoms with van der Waals surface area (Å²) in [5, 5.41) is 3.06. The van der Waals surface area contributed by atoms with E-state index in [9.17, 15) is 4.79 Å². The van der Waals surface area contributed by atoms with Gasteiger partial charge in [0.05, 0.1) is 17.9 Å². The molecular formula is C34H42N4O2. The van der Waals surface area contributed by atoms with Crippen molar-refractivity contribution in [2.45, 2.75) is 91.2 Å². The molecule has 1 fully saturated rings. The number of hydrogen-bond acceptors (Lipinski definition) is 4. The number of imidazole rings is 1. The van der Waals surface area contributed by atoms with Crippen molar-refractivity contribution in [1.82, 2.24) is 15.3 Å². The summed E-state index contributed by atoms with van der Waals surface area (Å²) < 4.78 is 5.52. The van der Waals surface area contributed by atoms with Gasteiger partial charge in [0.1, 0.15) is 11.4 Å². The van der Waals surface area contributed by atoms with Crippen molar-refractivity contribution in [3.05, 3.63) is 72.3 Å². The topological polar surface area (TPSA) is 79.4 Å². The van der Waals surface area contributed by atoms with Crippen LogP contribution in [0.3, 0.4) is 0 Å². The Morgan fingerprint density at radius 2 is 1.48 bits per heavy atom. The van der Waals surface area contributed by atoms with Gasteiger partial charge < -0.3 is 15.0 Å². The highest BCUT2D eigenvalue weighted by atomic mass is 16.6. The van der Waals surface area contributed by atoms with E-state index < -0.39 is 11.7 Å². The molecule has 1 atom stereocenters. The summed E-state index contributed by atoms with van der Waals surface area (Å²) in [6.07, 6.45) is 9.28. The number of ether oxygens (including phenoxy) is 1. The molecule has 1 amide bonds. The minimum atomic E-state index is -0.549. The van der Waals surface area contributed by atoms with Crippen molar-refractivity contribution in [2.75, 3.05) is 0 Å². The molecule has 40 heavy (non-hydrogen) atoms. The minimum absolute atomic E-state index is 0.205. The molecule has 2 aliphatic rings. The molecule has 1 saturated carbocycles. The normalized spacial score (nSPS) is 16.9. The van der Waals surface area contributed by atoms with Crippen molar-refractivity contribution in [3.63, 3.8) is 0 Å². The summed E-state index contributed by atoms with van der Waals surface area (Å²) in [6.45, 7) is 11.9. The average Bonchev–Trinajstić information content (AvgIpc) is 3.68. The second kappa shape index (κ2) is 11.1. The number of rotatable bonds is 6. The van der Waals surface area contributed by atoms with E-state index in [1.165, 1.54) is 36.8 Å². The van der Waals surface area contributed by atoms with Crippen LogP contribution < -0.4 is 5.32 Å². The Morgan fingerprint density at radius 3 is 2.05 bits per heavy atom. The van der Waals surface area contributed by atoms with Crippen molar-refractivity contribution in [2.24, 2.45) is 10.4 Å². The maximum atomic E-state index is 12.5. The van der Waals surface area contributed by atoms with E-state index in [1.54, 1.807) is 0 Å². The van der Waals surface area contributed by atoms with E-state index >= 15 is 0 Å². The fraction of sp³-hybridized carbons (Fsp3) is 0.441. The number of carbonyl (C=O) groups is 1. The minimum Gasteiger partial charge on any atom is -0.444 e. The first-order valence-corrected chi connectivity index (χ1v) is 14.5. The molecule has 0 radical (unpaired) electrons. The highest BCUT2D eigenvalue weighted by Gasteiger charge is 2.34. The number of allylic oxidation sites excluding steroid dienone is 1. The first kappa shape index (κ1) is 27.9. The number of nitrogens with zero attached hydrogens (tertiary/aromatic N) is 2. The Labute approximate surface area is 238 Å². The number of carbonyl (C=O) groups excluding carboxylic acids is 1. The van der Waals surface area contributed by atoms with E-state index in [0.717, 1.165) is 33.9 Å². The quantitative estimate of drug-likeness (QED) is 0.330. The number of amides is 1. The third-order valence-corrected chi connectivity index (χ3v) is 7.74. The Balaban J connectivity index is 1.23. The summed E-state index contributed by atoms with van der Waals surface area (Å²) in [4.78, 5) is 25.5. The van der Waals surface area contributed by atoms with Crippen molar-refractivity contribution >= 4 is 17.4 Å². The fourth-order valence-corrected chi connectivity index (χ4v) is 5.63. The molecule has 0 unspecified atom stereocenters. The SMILES string of the molecule is CC(C)(C)OC(=O)N[C@H](C1=NC=C(c2ccc(-c3ccc(-c4cnc(C5CCCC5)[nH]4)cc3)cc2)C1)C(C)(C)C. The van der Waals surface area contributed by atoms with Gasteiger partial charge in [-0.1, -0.05) is 82.1 Å². The second-order valence-electron chi connectivity index (χ2n) is 13.2. The number of nitrogens with one attached hydrogen (secondary N) is 2. The zero-order chi connectivity index (χ0) is 28.5. The van der Waals surface area contributed by atoms with Crippen LogP contribution in [0.5, 0.6) is 0 Å². The molecule has 2 N–H and O–H groups in total. The van der Waals surface area contributed by atoms with Crippen molar-refractivity contribution in [3.8, 4) is 22.4 Å². The fourth-order valence-electron chi connectivity index (χ4n) is 5.63. The van der Waals surface area contributed by atoms with E-state index in [2.05, 4.69) is 84.6 Å². The first-order valence-electron chi connectivity index (χ1n) is 14.5. The van der Waals surface area contributed by atoms with Crippen LogP contribution in [-0.4, -0.2) is 33.4 Å². The molecule has 1 aromatic heterocycles. The highest BCUT2D eigenvalue weighted by molar-refractivity contribution is 6.03. The molecule has 0 spiro atoms. The standard InChI is InChI=1S/C34H42N4O2/c1-33(2,3)30(38-32(39)40-34(4,5)6)28-19-27(20-35-28)24-13-11-22(12-14-24)23-15-17-25(18-16-23)29-21-36-31(37-29)26-9-7-8-10-26/h11-18,20-21,26,30H,7-10,19H2,1-6H3,(H,36,37)(H,38,39)/t30-/m1/s1. The number of aromatic nitrogens is 2. The Morgan fingerprint density at radius 1 is 0.900 bits per heavy atom. The van der Waals surface area contributed by atoms with E-state index in [0.29, 0.717) is 12.3 Å².